The fraction of sp³-hybridized carbons (Fsp3) is 0.714. The van der Waals surface area contributed by atoms with Crippen LogP contribution in [0.1, 0.15) is 46.5 Å². The van der Waals surface area contributed by atoms with E-state index in [-0.39, 0.29) is 12.1 Å². The minimum atomic E-state index is -0.441. The maximum atomic E-state index is 12.3. The van der Waals surface area contributed by atoms with Crippen molar-refractivity contribution in [2.24, 2.45) is 4.99 Å². The number of likely N-dealkylation sites (tertiary alicyclic amines) is 1. The number of aliphatic imine (C=N–C) groups is 1. The summed E-state index contributed by atoms with van der Waals surface area (Å²) in [5, 5.41) is 0. The van der Waals surface area contributed by atoms with E-state index in [2.05, 4.69) is 27.6 Å². The van der Waals surface area contributed by atoms with Crippen LogP contribution in [0.15, 0.2) is 14.8 Å². The van der Waals surface area contributed by atoms with Gasteiger partial charge in [0.05, 0.1) is 6.04 Å². The molecule has 0 unspecified atom stereocenters. The van der Waals surface area contributed by atoms with Gasteiger partial charge in [0.1, 0.15) is 5.60 Å². The van der Waals surface area contributed by atoms with Gasteiger partial charge >= 0.3 is 6.09 Å². The van der Waals surface area contributed by atoms with Crippen LogP contribution in [0.3, 0.4) is 0 Å². The van der Waals surface area contributed by atoms with Crippen molar-refractivity contribution >= 4 is 34.4 Å². The molecule has 0 spiro atoms. The second-order valence-electron chi connectivity index (χ2n) is 6.06. The molecule has 4 nitrogen and oxygen atoms in total. The van der Waals surface area contributed by atoms with E-state index >= 15 is 0 Å². The predicted octanol–water partition coefficient (Wildman–Crippen LogP) is 3.90. The zero-order chi connectivity index (χ0) is 14.0. The summed E-state index contributed by atoms with van der Waals surface area (Å²) >= 11 is 2.30. The zero-order valence-electron chi connectivity index (χ0n) is 11.8. The Labute approximate surface area is 128 Å². The Morgan fingerprint density at radius 1 is 1.47 bits per heavy atom. The predicted molar refractivity (Wildman–Crippen MR) is 84.7 cm³/mol. The van der Waals surface area contributed by atoms with Gasteiger partial charge in [-0.3, -0.25) is 9.89 Å². The van der Waals surface area contributed by atoms with E-state index in [1.165, 1.54) is 3.58 Å². The molecule has 2 rings (SSSR count). The third-order valence-electron chi connectivity index (χ3n) is 3.24. The molecule has 2 heterocycles. The SMILES string of the molecule is CC(C)(C)OC(=O)N1CCCC[C@H]1C1=NC=C(I)C1. The molecule has 1 fully saturated rings. The Balaban J connectivity index is 2.06. The molecular formula is C14H21IN2O2. The molecule has 0 aromatic rings. The summed E-state index contributed by atoms with van der Waals surface area (Å²) in [5.74, 6) is 0. The highest BCUT2D eigenvalue weighted by atomic mass is 127. The Kier molecular flexibility index (Phi) is 4.53. The van der Waals surface area contributed by atoms with Crippen molar-refractivity contribution in [3.05, 3.63) is 9.78 Å². The van der Waals surface area contributed by atoms with Crippen molar-refractivity contribution in [3.8, 4) is 0 Å². The number of allylic oxidation sites excluding steroid dienone is 1. The van der Waals surface area contributed by atoms with Crippen LogP contribution in [0.5, 0.6) is 0 Å². The maximum absolute atomic E-state index is 12.3. The van der Waals surface area contributed by atoms with E-state index in [0.29, 0.717) is 0 Å². The number of piperidine rings is 1. The van der Waals surface area contributed by atoms with E-state index < -0.39 is 5.60 Å². The smallest absolute Gasteiger partial charge is 0.410 e. The quantitative estimate of drug-likeness (QED) is 0.652. The van der Waals surface area contributed by atoms with Gasteiger partial charge < -0.3 is 4.74 Å². The van der Waals surface area contributed by atoms with Crippen LogP contribution in [-0.4, -0.2) is 34.9 Å². The maximum Gasteiger partial charge on any atom is 0.410 e. The monoisotopic (exact) mass is 376 g/mol. The van der Waals surface area contributed by atoms with Crippen LogP contribution in [0, 0.1) is 0 Å². The number of rotatable bonds is 1. The van der Waals surface area contributed by atoms with Crippen molar-refractivity contribution in [1.29, 1.82) is 0 Å². The van der Waals surface area contributed by atoms with Gasteiger partial charge in [0.25, 0.3) is 0 Å². The Hall–Kier alpha value is -0.590. The van der Waals surface area contributed by atoms with Crippen LogP contribution in [0.25, 0.3) is 0 Å². The van der Waals surface area contributed by atoms with Crippen LogP contribution < -0.4 is 0 Å². The molecule has 1 saturated heterocycles. The molecule has 2 aliphatic rings. The molecule has 0 N–H and O–H groups in total. The summed E-state index contributed by atoms with van der Waals surface area (Å²) in [4.78, 5) is 18.6. The first-order valence-corrected chi connectivity index (χ1v) is 7.85. The molecule has 2 aliphatic heterocycles. The second-order valence-corrected chi connectivity index (χ2v) is 7.44. The molecular weight excluding hydrogens is 355 g/mol. The van der Waals surface area contributed by atoms with Crippen molar-refractivity contribution < 1.29 is 9.53 Å². The largest absolute Gasteiger partial charge is 0.444 e. The summed E-state index contributed by atoms with van der Waals surface area (Å²) < 4.78 is 6.75. The molecule has 1 amide bonds. The van der Waals surface area contributed by atoms with E-state index in [9.17, 15) is 4.79 Å². The number of carbonyl (C=O) groups excluding carboxylic acids is 1. The van der Waals surface area contributed by atoms with Gasteiger partial charge in [-0.2, -0.15) is 0 Å². The van der Waals surface area contributed by atoms with Gasteiger partial charge in [0.15, 0.2) is 0 Å². The molecule has 19 heavy (non-hydrogen) atoms. The van der Waals surface area contributed by atoms with Crippen LogP contribution >= 0.6 is 22.6 Å². The number of hydrogen-bond acceptors (Lipinski definition) is 3. The summed E-state index contributed by atoms with van der Waals surface area (Å²) in [6.45, 7) is 6.49. The number of hydrogen-bond donors (Lipinski definition) is 0. The topological polar surface area (TPSA) is 41.9 Å². The summed E-state index contributed by atoms with van der Waals surface area (Å²) in [7, 11) is 0. The number of carbonyl (C=O) groups is 1. The first-order valence-electron chi connectivity index (χ1n) is 6.77. The lowest BCUT2D eigenvalue weighted by Crippen LogP contribution is -2.49. The third kappa shape index (κ3) is 3.94. The number of ether oxygens (including phenoxy) is 1. The van der Waals surface area contributed by atoms with Gasteiger partial charge in [0, 0.05) is 28.5 Å². The zero-order valence-corrected chi connectivity index (χ0v) is 13.9. The Bertz CT molecular complexity index is 424. The fourth-order valence-corrected chi connectivity index (χ4v) is 2.97. The molecule has 5 heteroatoms. The second kappa shape index (κ2) is 5.81. The van der Waals surface area contributed by atoms with Crippen molar-refractivity contribution in [2.45, 2.75) is 58.1 Å². The molecule has 0 aromatic heterocycles. The Morgan fingerprint density at radius 2 is 2.21 bits per heavy atom. The minimum absolute atomic E-state index is 0.118. The average Bonchev–Trinajstić information content (AvgIpc) is 2.73. The van der Waals surface area contributed by atoms with Gasteiger partial charge in [-0.1, -0.05) is 0 Å². The first kappa shape index (κ1) is 14.8. The minimum Gasteiger partial charge on any atom is -0.444 e. The summed E-state index contributed by atoms with van der Waals surface area (Å²) in [6.07, 6.45) is 5.77. The highest BCUT2D eigenvalue weighted by Crippen LogP contribution is 2.27. The number of nitrogens with zero attached hydrogens (tertiary/aromatic N) is 2. The van der Waals surface area contributed by atoms with Crippen molar-refractivity contribution in [1.82, 2.24) is 4.90 Å². The lowest BCUT2D eigenvalue weighted by atomic mass is 9.97. The molecule has 0 radical (unpaired) electrons. The third-order valence-corrected chi connectivity index (χ3v) is 3.90. The summed E-state index contributed by atoms with van der Waals surface area (Å²) in [6, 6.07) is 0.118. The lowest BCUT2D eigenvalue weighted by Gasteiger charge is -2.36. The van der Waals surface area contributed by atoms with E-state index in [0.717, 1.165) is 37.9 Å². The van der Waals surface area contributed by atoms with Crippen LogP contribution in [0.4, 0.5) is 4.79 Å². The van der Waals surface area contributed by atoms with Gasteiger partial charge in [-0.05, 0) is 62.6 Å². The van der Waals surface area contributed by atoms with Crippen molar-refractivity contribution in [3.63, 3.8) is 0 Å². The normalized spacial score (nSPS) is 24.0. The Morgan fingerprint density at radius 3 is 2.79 bits per heavy atom. The molecule has 106 valence electrons. The first-order chi connectivity index (χ1) is 8.87. The van der Waals surface area contributed by atoms with Crippen molar-refractivity contribution in [2.75, 3.05) is 6.54 Å². The van der Waals surface area contributed by atoms with E-state index in [1.54, 1.807) is 0 Å². The van der Waals surface area contributed by atoms with Gasteiger partial charge in [-0.15, -0.1) is 0 Å². The molecule has 0 aromatic carbocycles. The number of amides is 1. The van der Waals surface area contributed by atoms with Crippen LogP contribution in [-0.2, 0) is 4.74 Å². The standard InChI is InChI=1S/C14H21IN2O2/c1-14(2,3)19-13(18)17-7-5-4-6-12(17)11-8-10(15)9-16-11/h9,12H,4-8H2,1-3H3/t12-/m0/s1. The average molecular weight is 376 g/mol. The van der Waals surface area contributed by atoms with E-state index in [1.807, 2.05) is 31.9 Å². The highest BCUT2D eigenvalue weighted by Gasteiger charge is 2.34. The lowest BCUT2D eigenvalue weighted by molar-refractivity contribution is 0.0166. The number of halogens is 1. The van der Waals surface area contributed by atoms with Crippen LogP contribution in [0.2, 0.25) is 0 Å². The molecule has 0 bridgehead atoms. The fourth-order valence-electron chi connectivity index (χ4n) is 2.44. The highest BCUT2D eigenvalue weighted by molar-refractivity contribution is 14.1. The van der Waals surface area contributed by atoms with Gasteiger partial charge in [-0.25, -0.2) is 4.79 Å². The summed E-state index contributed by atoms with van der Waals surface area (Å²) in [5.41, 5.74) is 0.665. The van der Waals surface area contributed by atoms with E-state index in [4.69, 9.17) is 4.74 Å². The molecule has 1 atom stereocenters. The molecule has 0 aliphatic carbocycles. The van der Waals surface area contributed by atoms with Gasteiger partial charge in [0.2, 0.25) is 0 Å². The molecule has 0 saturated carbocycles.